The maximum Gasteiger partial charge on any atom is 0.371 e. The Kier molecular flexibility index (Phi) is 9.10. The van der Waals surface area contributed by atoms with E-state index in [0.29, 0.717) is 0 Å². The molecular formula is C27H25FO8. The molecule has 2 aromatic rings. The molecule has 2 aromatic carbocycles. The number of rotatable bonds is 9. The second-order valence-corrected chi connectivity index (χ2v) is 8.10. The Morgan fingerprint density at radius 3 is 1.81 bits per heavy atom. The van der Waals surface area contributed by atoms with Crippen molar-refractivity contribution in [1.82, 2.24) is 0 Å². The van der Waals surface area contributed by atoms with E-state index in [1.165, 1.54) is 48.5 Å². The Bertz CT molecular complexity index is 1150. The molecule has 0 atom stereocenters. The minimum absolute atomic E-state index is 0.0377. The van der Waals surface area contributed by atoms with Crippen molar-refractivity contribution in [3.8, 4) is 17.2 Å². The summed E-state index contributed by atoms with van der Waals surface area (Å²) in [5.74, 6) is -4.07. The van der Waals surface area contributed by atoms with E-state index in [9.17, 15) is 23.6 Å². The van der Waals surface area contributed by atoms with Gasteiger partial charge in [-0.3, -0.25) is 4.79 Å². The van der Waals surface area contributed by atoms with Crippen molar-refractivity contribution in [3.63, 3.8) is 0 Å². The summed E-state index contributed by atoms with van der Waals surface area (Å²) in [5.41, 5.74) is 0.137. The third-order valence-electron chi connectivity index (χ3n) is 5.26. The Morgan fingerprint density at radius 2 is 1.25 bits per heavy atom. The van der Waals surface area contributed by atoms with Crippen LogP contribution in [0.2, 0.25) is 0 Å². The van der Waals surface area contributed by atoms with E-state index in [1.54, 1.807) is 0 Å². The summed E-state index contributed by atoms with van der Waals surface area (Å²) in [5, 5.41) is 0. The molecule has 1 fully saturated rings. The van der Waals surface area contributed by atoms with E-state index in [1.807, 2.05) is 0 Å². The fourth-order valence-corrected chi connectivity index (χ4v) is 3.40. The number of benzene rings is 2. The average Bonchev–Trinajstić information content (AvgIpc) is 2.86. The van der Waals surface area contributed by atoms with Crippen molar-refractivity contribution in [1.29, 1.82) is 0 Å². The standard InChI is InChI=1S/C27H25FO8/c1-17(16-24(29)33-20-6-4-3-5-7-20)25(30)34-21-10-8-19(9-11-21)27(32)36-23-14-12-22(13-15-23)35-26(31)18(2)28/h8-15,20H,1-7,16H2. The molecule has 1 aliphatic rings. The number of carbonyl (C=O) groups is 4. The third-order valence-corrected chi connectivity index (χ3v) is 5.26. The van der Waals surface area contributed by atoms with Gasteiger partial charge in [0.1, 0.15) is 23.4 Å². The van der Waals surface area contributed by atoms with E-state index < -0.39 is 29.7 Å². The van der Waals surface area contributed by atoms with Gasteiger partial charge in [-0.05, 0) is 74.2 Å². The van der Waals surface area contributed by atoms with Crippen molar-refractivity contribution in [2.24, 2.45) is 0 Å². The zero-order chi connectivity index (χ0) is 26.1. The normalized spacial score (nSPS) is 13.2. The molecule has 0 saturated heterocycles. The molecule has 8 nitrogen and oxygen atoms in total. The van der Waals surface area contributed by atoms with Crippen LogP contribution < -0.4 is 14.2 Å². The van der Waals surface area contributed by atoms with Gasteiger partial charge in [-0.25, -0.2) is 14.4 Å². The highest BCUT2D eigenvalue weighted by molar-refractivity contribution is 5.95. The molecule has 1 aliphatic carbocycles. The molecule has 1 saturated carbocycles. The summed E-state index contributed by atoms with van der Waals surface area (Å²) in [6.07, 6.45) is 4.46. The number of hydrogen-bond donors (Lipinski definition) is 0. The highest BCUT2D eigenvalue weighted by atomic mass is 19.1. The summed E-state index contributed by atoms with van der Waals surface area (Å²) in [6, 6.07) is 11.0. The summed E-state index contributed by atoms with van der Waals surface area (Å²) < 4.78 is 33.2. The van der Waals surface area contributed by atoms with Crippen LogP contribution in [0.1, 0.15) is 48.9 Å². The highest BCUT2D eigenvalue weighted by Gasteiger charge is 2.21. The molecule has 0 spiro atoms. The van der Waals surface area contributed by atoms with Gasteiger partial charge in [-0.2, -0.15) is 4.39 Å². The summed E-state index contributed by atoms with van der Waals surface area (Å²) in [7, 11) is 0. The lowest BCUT2D eigenvalue weighted by molar-refractivity contribution is -0.150. The van der Waals surface area contributed by atoms with Crippen LogP contribution in [0.25, 0.3) is 0 Å². The van der Waals surface area contributed by atoms with Gasteiger partial charge >= 0.3 is 23.9 Å². The van der Waals surface area contributed by atoms with E-state index in [0.717, 1.165) is 32.1 Å². The van der Waals surface area contributed by atoms with Gasteiger partial charge in [0.15, 0.2) is 0 Å². The highest BCUT2D eigenvalue weighted by Crippen LogP contribution is 2.22. The Morgan fingerprint density at radius 1 is 0.750 bits per heavy atom. The van der Waals surface area contributed by atoms with E-state index in [-0.39, 0.29) is 40.9 Å². The first-order valence-electron chi connectivity index (χ1n) is 11.3. The number of halogens is 1. The van der Waals surface area contributed by atoms with Crippen molar-refractivity contribution in [2.75, 3.05) is 0 Å². The molecule has 0 bridgehead atoms. The van der Waals surface area contributed by atoms with Gasteiger partial charge in [0, 0.05) is 5.57 Å². The topological polar surface area (TPSA) is 105 Å². The smallest absolute Gasteiger partial charge is 0.371 e. The lowest BCUT2D eigenvalue weighted by Gasteiger charge is -2.21. The molecule has 0 aliphatic heterocycles. The molecule has 3 rings (SSSR count). The van der Waals surface area contributed by atoms with Crippen molar-refractivity contribution < 1.29 is 42.5 Å². The van der Waals surface area contributed by atoms with Crippen LogP contribution in [0, 0.1) is 0 Å². The fourth-order valence-electron chi connectivity index (χ4n) is 3.40. The number of esters is 4. The third kappa shape index (κ3) is 7.90. The maximum absolute atomic E-state index is 12.7. The van der Waals surface area contributed by atoms with Gasteiger partial charge in [-0.15, -0.1) is 0 Å². The minimum Gasteiger partial charge on any atom is -0.462 e. The predicted molar refractivity (Wildman–Crippen MR) is 126 cm³/mol. The van der Waals surface area contributed by atoms with Crippen LogP contribution in [0.4, 0.5) is 4.39 Å². The molecule has 9 heteroatoms. The Labute approximate surface area is 207 Å². The Balaban J connectivity index is 1.47. The van der Waals surface area contributed by atoms with E-state index in [4.69, 9.17) is 18.9 Å². The van der Waals surface area contributed by atoms with Gasteiger partial charge in [0.05, 0.1) is 12.0 Å². The van der Waals surface area contributed by atoms with Crippen LogP contribution >= 0.6 is 0 Å². The fraction of sp³-hybridized carbons (Fsp3) is 0.259. The van der Waals surface area contributed by atoms with Crippen molar-refractivity contribution >= 4 is 23.9 Å². The minimum atomic E-state index is -1.24. The monoisotopic (exact) mass is 496 g/mol. The van der Waals surface area contributed by atoms with E-state index >= 15 is 0 Å². The summed E-state index contributed by atoms with van der Waals surface area (Å²) in [6.45, 7) is 6.45. The molecule has 0 heterocycles. The lowest BCUT2D eigenvalue weighted by Crippen LogP contribution is -2.22. The zero-order valence-corrected chi connectivity index (χ0v) is 19.5. The van der Waals surface area contributed by atoms with Crippen molar-refractivity contribution in [2.45, 2.75) is 44.6 Å². The number of carbonyl (C=O) groups excluding carboxylic acids is 4. The maximum atomic E-state index is 12.7. The SMILES string of the molecule is C=C(F)C(=O)Oc1ccc(OC(=O)c2ccc(OC(=O)C(=C)CC(=O)OC3CCCCC3)cc2)cc1. The zero-order valence-electron chi connectivity index (χ0n) is 19.5. The summed E-state index contributed by atoms with van der Waals surface area (Å²) >= 11 is 0. The van der Waals surface area contributed by atoms with Crippen LogP contribution in [0.5, 0.6) is 17.2 Å². The lowest BCUT2D eigenvalue weighted by atomic mass is 9.98. The first-order valence-corrected chi connectivity index (χ1v) is 11.3. The number of ether oxygens (including phenoxy) is 4. The molecule has 0 radical (unpaired) electrons. The molecule has 0 N–H and O–H groups in total. The first kappa shape index (κ1) is 26.3. The van der Waals surface area contributed by atoms with Gasteiger partial charge in [0.2, 0.25) is 5.83 Å². The quantitative estimate of drug-likeness (QED) is 0.271. The van der Waals surface area contributed by atoms with Gasteiger partial charge in [-0.1, -0.05) is 19.6 Å². The van der Waals surface area contributed by atoms with Gasteiger partial charge < -0.3 is 18.9 Å². The largest absolute Gasteiger partial charge is 0.462 e. The van der Waals surface area contributed by atoms with E-state index in [2.05, 4.69) is 13.2 Å². The molecule has 0 unspecified atom stereocenters. The average molecular weight is 496 g/mol. The number of hydrogen-bond acceptors (Lipinski definition) is 8. The van der Waals surface area contributed by atoms with Crippen molar-refractivity contribution in [3.05, 3.63) is 78.7 Å². The molecule has 188 valence electrons. The summed E-state index contributed by atoms with van der Waals surface area (Å²) in [4.78, 5) is 47.8. The molecule has 0 aromatic heterocycles. The van der Waals surface area contributed by atoms with Crippen LogP contribution in [-0.4, -0.2) is 30.0 Å². The first-order chi connectivity index (χ1) is 17.2. The Hall–Kier alpha value is -4.27. The van der Waals surface area contributed by atoms with Crippen LogP contribution in [0.15, 0.2) is 73.1 Å². The molecule has 0 amide bonds. The van der Waals surface area contributed by atoms with Crippen LogP contribution in [0.3, 0.4) is 0 Å². The second kappa shape index (κ2) is 12.4. The second-order valence-electron chi connectivity index (χ2n) is 8.10. The van der Waals surface area contributed by atoms with Crippen LogP contribution in [-0.2, 0) is 19.1 Å². The predicted octanol–water partition coefficient (Wildman–Crippen LogP) is 5.02. The molecular weight excluding hydrogens is 471 g/mol. The molecule has 36 heavy (non-hydrogen) atoms. The van der Waals surface area contributed by atoms with Gasteiger partial charge in [0.25, 0.3) is 0 Å².